The Kier molecular flexibility index (Phi) is 5.11. The smallest absolute Gasteiger partial charge is 0.280 e. The molecule has 6 nitrogen and oxygen atoms in total. The van der Waals surface area contributed by atoms with Crippen molar-refractivity contribution >= 4 is 12.0 Å². The molecule has 0 heterocycles. The number of benzene rings is 1. The second-order valence-electron chi connectivity index (χ2n) is 2.34. The van der Waals surface area contributed by atoms with Gasteiger partial charge in [-0.1, -0.05) is 0 Å². The molecule has 0 saturated carbocycles. The van der Waals surface area contributed by atoms with Gasteiger partial charge in [-0.05, 0) is 12.1 Å². The van der Waals surface area contributed by atoms with Crippen LogP contribution in [-0.4, -0.2) is 16.3 Å². The summed E-state index contributed by atoms with van der Waals surface area (Å²) in [6.07, 6.45) is 0.331. The number of carbonyl (C=O) groups is 1. The van der Waals surface area contributed by atoms with Crippen LogP contribution < -0.4 is 0 Å². The van der Waals surface area contributed by atoms with Crippen molar-refractivity contribution in [3.05, 3.63) is 33.9 Å². The first-order valence-electron chi connectivity index (χ1n) is 3.80. The lowest BCUT2D eigenvalue weighted by Gasteiger charge is -1.95. The minimum absolute atomic E-state index is 0.125. The number of phenolic OH excluding ortho intramolecular Hbond substituents is 1. The molecule has 1 rings (SSSR count). The van der Waals surface area contributed by atoms with Crippen molar-refractivity contribution in [2.45, 2.75) is 6.92 Å². The van der Waals surface area contributed by atoms with Gasteiger partial charge in [0.1, 0.15) is 5.75 Å². The van der Waals surface area contributed by atoms with Gasteiger partial charge in [-0.3, -0.25) is 14.9 Å². The van der Waals surface area contributed by atoms with E-state index in [1.807, 2.05) is 0 Å². The number of nitriles is 1. The van der Waals surface area contributed by atoms with Gasteiger partial charge in [-0.2, -0.15) is 5.26 Å². The number of nitrogens with zero attached hydrogens (tertiary/aromatic N) is 2. The van der Waals surface area contributed by atoms with Crippen LogP contribution >= 0.6 is 0 Å². The van der Waals surface area contributed by atoms with Crippen LogP contribution in [0.15, 0.2) is 18.2 Å². The zero-order valence-corrected chi connectivity index (χ0v) is 7.88. The maximum atomic E-state index is 10.3. The minimum Gasteiger partial charge on any atom is -0.508 e. The summed E-state index contributed by atoms with van der Waals surface area (Å²) in [6.45, 7) is 1.43. The molecule has 0 fully saturated rings. The van der Waals surface area contributed by atoms with Crippen LogP contribution in [-0.2, 0) is 0 Å². The molecule has 0 unspecified atom stereocenters. The van der Waals surface area contributed by atoms with E-state index in [0.717, 1.165) is 18.2 Å². The summed E-state index contributed by atoms with van der Waals surface area (Å²) < 4.78 is 0. The molecule has 15 heavy (non-hydrogen) atoms. The predicted molar refractivity (Wildman–Crippen MR) is 51.4 cm³/mol. The zero-order chi connectivity index (χ0) is 11.8. The van der Waals surface area contributed by atoms with E-state index in [9.17, 15) is 14.9 Å². The molecule has 0 aliphatic heterocycles. The Morgan fingerprint density at radius 1 is 1.60 bits per heavy atom. The molecule has 1 N–H and O–H groups in total. The molecule has 0 amide bonds. The van der Waals surface area contributed by atoms with Gasteiger partial charge in [0.25, 0.3) is 5.69 Å². The molecule has 0 saturated heterocycles. The van der Waals surface area contributed by atoms with Crippen LogP contribution in [0.1, 0.15) is 17.3 Å². The van der Waals surface area contributed by atoms with Gasteiger partial charge >= 0.3 is 0 Å². The Labute approximate surface area is 85.5 Å². The number of aldehydes is 1. The lowest BCUT2D eigenvalue weighted by Crippen LogP contribution is -1.93. The van der Waals surface area contributed by atoms with Crippen LogP contribution in [0, 0.1) is 21.4 Å². The van der Waals surface area contributed by atoms with E-state index < -0.39 is 4.92 Å². The number of aromatic hydroxyl groups is 1. The highest BCUT2D eigenvalue weighted by Crippen LogP contribution is 2.21. The molecule has 1 aromatic rings. The standard InChI is InChI=1S/C7H5NO4.C2H3N/c9-4-5-3-6(10)1-2-7(5)8(11)12;1-2-3/h1-4,10H;1H3. The van der Waals surface area contributed by atoms with Gasteiger partial charge in [-0.25, -0.2) is 0 Å². The fraction of sp³-hybridized carbons (Fsp3) is 0.111. The highest BCUT2D eigenvalue weighted by Gasteiger charge is 2.12. The second kappa shape index (κ2) is 6.10. The van der Waals surface area contributed by atoms with Crippen molar-refractivity contribution in [1.29, 1.82) is 5.26 Å². The number of hydrogen-bond acceptors (Lipinski definition) is 5. The largest absolute Gasteiger partial charge is 0.508 e. The van der Waals surface area contributed by atoms with Crippen molar-refractivity contribution < 1.29 is 14.8 Å². The lowest BCUT2D eigenvalue weighted by atomic mass is 10.2. The molecular formula is C9H8N2O4. The SMILES string of the molecule is CC#N.O=Cc1cc(O)ccc1[N+](=O)[O-]. The molecule has 0 aliphatic carbocycles. The maximum Gasteiger partial charge on any atom is 0.280 e. The number of nitro groups is 1. The summed E-state index contributed by atoms with van der Waals surface area (Å²) >= 11 is 0. The fourth-order valence-corrected chi connectivity index (χ4v) is 0.803. The van der Waals surface area contributed by atoms with E-state index in [1.54, 1.807) is 6.07 Å². The highest BCUT2D eigenvalue weighted by molar-refractivity contribution is 5.82. The van der Waals surface area contributed by atoms with E-state index >= 15 is 0 Å². The van der Waals surface area contributed by atoms with Crippen LogP contribution in [0.3, 0.4) is 0 Å². The number of phenols is 1. The average molecular weight is 208 g/mol. The summed E-state index contributed by atoms with van der Waals surface area (Å²) in [5, 5.41) is 26.4. The van der Waals surface area contributed by atoms with Gasteiger partial charge in [0.15, 0.2) is 6.29 Å². The number of rotatable bonds is 2. The quantitative estimate of drug-likeness (QED) is 0.452. The summed E-state index contributed by atoms with van der Waals surface area (Å²) in [5.41, 5.74) is -0.428. The van der Waals surface area contributed by atoms with Crippen molar-refractivity contribution in [3.8, 4) is 11.8 Å². The van der Waals surface area contributed by atoms with Crippen molar-refractivity contribution in [1.82, 2.24) is 0 Å². The Balaban J connectivity index is 0.000000583. The average Bonchev–Trinajstić information content (AvgIpc) is 2.18. The van der Waals surface area contributed by atoms with Crippen molar-refractivity contribution in [2.75, 3.05) is 0 Å². The van der Waals surface area contributed by atoms with Gasteiger partial charge < -0.3 is 5.11 Å². The van der Waals surface area contributed by atoms with Crippen LogP contribution in [0.25, 0.3) is 0 Å². The van der Waals surface area contributed by atoms with Crippen LogP contribution in [0.2, 0.25) is 0 Å². The summed E-state index contributed by atoms with van der Waals surface area (Å²) in [7, 11) is 0. The first-order valence-corrected chi connectivity index (χ1v) is 3.80. The topological polar surface area (TPSA) is 104 Å². The van der Waals surface area contributed by atoms with Gasteiger partial charge in [-0.15, -0.1) is 0 Å². The zero-order valence-electron chi connectivity index (χ0n) is 7.88. The first kappa shape index (κ1) is 12.6. The maximum absolute atomic E-state index is 10.3. The lowest BCUT2D eigenvalue weighted by molar-refractivity contribution is -0.385. The molecule has 0 aliphatic rings. The Bertz CT molecular complexity index is 409. The molecule has 0 bridgehead atoms. The Morgan fingerprint density at radius 3 is 2.53 bits per heavy atom. The van der Waals surface area contributed by atoms with Crippen LogP contribution in [0.4, 0.5) is 5.69 Å². The minimum atomic E-state index is -0.677. The third-order valence-corrected chi connectivity index (χ3v) is 1.33. The van der Waals surface area contributed by atoms with Crippen molar-refractivity contribution in [2.24, 2.45) is 0 Å². The van der Waals surface area contributed by atoms with E-state index in [-0.39, 0.29) is 17.0 Å². The molecule has 0 aromatic heterocycles. The molecule has 78 valence electrons. The van der Waals surface area contributed by atoms with Crippen molar-refractivity contribution in [3.63, 3.8) is 0 Å². The van der Waals surface area contributed by atoms with Gasteiger partial charge in [0, 0.05) is 13.0 Å². The summed E-state index contributed by atoms with van der Waals surface area (Å²) in [6, 6.07) is 5.04. The highest BCUT2D eigenvalue weighted by atomic mass is 16.6. The molecule has 0 radical (unpaired) electrons. The third-order valence-electron chi connectivity index (χ3n) is 1.33. The Morgan fingerprint density at radius 2 is 2.13 bits per heavy atom. The molecule has 0 atom stereocenters. The molecule has 6 heteroatoms. The van der Waals surface area contributed by atoms with E-state index in [0.29, 0.717) is 6.29 Å². The first-order chi connectivity index (χ1) is 7.06. The second-order valence-corrected chi connectivity index (χ2v) is 2.34. The van der Waals surface area contributed by atoms with Crippen LogP contribution in [0.5, 0.6) is 5.75 Å². The van der Waals surface area contributed by atoms with E-state index in [2.05, 4.69) is 0 Å². The number of hydrogen-bond donors (Lipinski definition) is 1. The number of nitro benzene ring substituents is 1. The van der Waals surface area contributed by atoms with E-state index in [1.165, 1.54) is 6.92 Å². The molecule has 0 spiro atoms. The third kappa shape index (κ3) is 3.87. The molecule has 1 aromatic carbocycles. The summed E-state index contributed by atoms with van der Waals surface area (Å²) in [5.74, 6) is -0.164. The van der Waals surface area contributed by atoms with Gasteiger partial charge in [0.2, 0.25) is 0 Å². The van der Waals surface area contributed by atoms with Gasteiger partial charge in [0.05, 0.1) is 16.6 Å². The normalized spacial score (nSPS) is 8.00. The monoisotopic (exact) mass is 208 g/mol. The fourth-order valence-electron chi connectivity index (χ4n) is 0.803. The molecular weight excluding hydrogens is 200 g/mol. The Hall–Kier alpha value is -2.42. The summed E-state index contributed by atoms with van der Waals surface area (Å²) in [4.78, 5) is 19.8. The predicted octanol–water partition coefficient (Wildman–Crippen LogP) is 1.64. The number of carbonyl (C=O) groups excluding carboxylic acids is 1. The van der Waals surface area contributed by atoms with E-state index in [4.69, 9.17) is 10.4 Å².